The molecule has 1 aliphatic heterocycles. The fraction of sp³-hybridized carbons (Fsp3) is 0.385. The van der Waals surface area contributed by atoms with Crippen LogP contribution in [0.15, 0.2) is 29.0 Å². The minimum atomic E-state index is 0.831. The second-order valence-electron chi connectivity index (χ2n) is 4.21. The summed E-state index contributed by atoms with van der Waals surface area (Å²) in [6.07, 6.45) is 0. The number of nitrogens with zero attached hydrogens (tertiary/aromatic N) is 1. The average Bonchev–Trinajstić information content (AvgIpc) is 3.08. The maximum absolute atomic E-state index is 5.33. The fourth-order valence-electron chi connectivity index (χ4n) is 1.96. The highest BCUT2D eigenvalue weighted by molar-refractivity contribution is 7.14. The van der Waals surface area contributed by atoms with Crippen LogP contribution >= 0.6 is 22.7 Å². The topological polar surface area (TPSA) is 24.5 Å². The van der Waals surface area contributed by atoms with Crippen molar-refractivity contribution < 1.29 is 4.74 Å². The van der Waals surface area contributed by atoms with Crippen molar-refractivity contribution in [2.75, 3.05) is 26.3 Å². The van der Waals surface area contributed by atoms with Gasteiger partial charge in [0.25, 0.3) is 0 Å². The van der Waals surface area contributed by atoms with Crippen LogP contribution < -0.4 is 5.43 Å². The lowest BCUT2D eigenvalue weighted by molar-refractivity contribution is 0.0107. The highest BCUT2D eigenvalue weighted by Crippen LogP contribution is 2.29. The van der Waals surface area contributed by atoms with Gasteiger partial charge in [-0.25, -0.2) is 10.4 Å². The van der Waals surface area contributed by atoms with Crippen LogP contribution in [0.1, 0.15) is 4.88 Å². The molecular weight excluding hydrogens is 264 g/mol. The quantitative estimate of drug-likeness (QED) is 0.932. The number of hydrogen-bond acceptors (Lipinski definition) is 5. The van der Waals surface area contributed by atoms with E-state index in [-0.39, 0.29) is 0 Å². The molecule has 2 aromatic rings. The molecule has 96 valence electrons. The summed E-state index contributed by atoms with van der Waals surface area (Å²) < 4.78 is 5.33. The Morgan fingerprint density at radius 2 is 2.17 bits per heavy atom. The normalized spacial score (nSPS) is 17.1. The Morgan fingerprint density at radius 3 is 2.94 bits per heavy atom. The third-order valence-corrected chi connectivity index (χ3v) is 4.80. The van der Waals surface area contributed by atoms with Gasteiger partial charge in [0.15, 0.2) is 0 Å². The predicted molar refractivity (Wildman–Crippen MR) is 76.9 cm³/mol. The Balaban J connectivity index is 1.57. The van der Waals surface area contributed by atoms with Gasteiger partial charge in [-0.3, -0.25) is 0 Å². The lowest BCUT2D eigenvalue weighted by atomic mass is 10.2. The van der Waals surface area contributed by atoms with Crippen molar-refractivity contribution in [3.8, 4) is 10.4 Å². The first-order chi connectivity index (χ1) is 8.92. The van der Waals surface area contributed by atoms with Crippen LogP contribution in [-0.2, 0) is 11.3 Å². The molecule has 1 aliphatic rings. The lowest BCUT2D eigenvalue weighted by Crippen LogP contribution is -2.45. The molecule has 2 aromatic heterocycles. The largest absolute Gasteiger partial charge is 0.379 e. The zero-order chi connectivity index (χ0) is 12.2. The van der Waals surface area contributed by atoms with Crippen LogP contribution in [0.2, 0.25) is 0 Å². The molecule has 1 fully saturated rings. The Bertz CT molecular complexity index is 475. The Kier molecular flexibility index (Phi) is 4.07. The molecule has 1 N–H and O–H groups in total. The van der Waals surface area contributed by atoms with Gasteiger partial charge in [0.2, 0.25) is 0 Å². The molecule has 18 heavy (non-hydrogen) atoms. The fourth-order valence-corrected chi connectivity index (χ4v) is 3.56. The van der Waals surface area contributed by atoms with Gasteiger partial charge in [-0.1, -0.05) is 6.07 Å². The monoisotopic (exact) mass is 280 g/mol. The first kappa shape index (κ1) is 12.3. The summed E-state index contributed by atoms with van der Waals surface area (Å²) in [4.78, 5) is 2.73. The van der Waals surface area contributed by atoms with Crippen LogP contribution in [0, 0.1) is 0 Å². The zero-order valence-corrected chi connectivity index (χ0v) is 11.7. The lowest BCUT2D eigenvalue weighted by Gasteiger charge is -2.26. The Morgan fingerprint density at radius 1 is 1.28 bits per heavy atom. The Labute approximate surface area is 115 Å². The number of morpholine rings is 1. The molecule has 3 heterocycles. The predicted octanol–water partition coefficient (Wildman–Crippen LogP) is 2.81. The van der Waals surface area contributed by atoms with Crippen LogP contribution in [0.3, 0.4) is 0 Å². The SMILES string of the molecule is c1csc(-c2csc(CNN3CCOCC3)c2)c1. The van der Waals surface area contributed by atoms with Crippen molar-refractivity contribution in [1.82, 2.24) is 10.4 Å². The van der Waals surface area contributed by atoms with Gasteiger partial charge in [0.1, 0.15) is 0 Å². The van der Waals surface area contributed by atoms with E-state index in [2.05, 4.69) is 39.4 Å². The van der Waals surface area contributed by atoms with Gasteiger partial charge in [-0.2, -0.15) is 0 Å². The van der Waals surface area contributed by atoms with E-state index in [0.29, 0.717) is 0 Å². The number of nitrogens with one attached hydrogen (secondary N) is 1. The second kappa shape index (κ2) is 5.95. The maximum Gasteiger partial charge on any atom is 0.0608 e. The van der Waals surface area contributed by atoms with Crippen LogP contribution in [0.5, 0.6) is 0 Å². The van der Waals surface area contributed by atoms with E-state index >= 15 is 0 Å². The van der Waals surface area contributed by atoms with Crippen molar-refractivity contribution in [2.45, 2.75) is 6.54 Å². The summed E-state index contributed by atoms with van der Waals surface area (Å²) in [5.41, 5.74) is 4.81. The van der Waals surface area contributed by atoms with Gasteiger partial charge in [-0.05, 0) is 22.9 Å². The molecule has 1 saturated heterocycles. The van der Waals surface area contributed by atoms with Crippen molar-refractivity contribution in [3.05, 3.63) is 33.8 Å². The average molecular weight is 280 g/mol. The summed E-state index contributed by atoms with van der Waals surface area (Å²) in [5.74, 6) is 0. The standard InChI is InChI=1S/C13H16N2OS2/c1-2-13(17-7-1)11-8-12(18-10-11)9-14-15-3-5-16-6-4-15/h1-2,7-8,10,14H,3-6,9H2. The van der Waals surface area contributed by atoms with Crippen molar-refractivity contribution >= 4 is 22.7 Å². The molecule has 0 amide bonds. The maximum atomic E-state index is 5.33. The van der Waals surface area contributed by atoms with Gasteiger partial charge in [0.05, 0.1) is 13.2 Å². The van der Waals surface area contributed by atoms with Crippen molar-refractivity contribution in [2.24, 2.45) is 0 Å². The van der Waals surface area contributed by atoms with Crippen molar-refractivity contribution in [1.29, 1.82) is 0 Å². The number of rotatable bonds is 4. The minimum absolute atomic E-state index is 0.831. The van der Waals surface area contributed by atoms with E-state index in [1.165, 1.54) is 15.3 Å². The number of hydrazine groups is 1. The van der Waals surface area contributed by atoms with Gasteiger partial charge in [0, 0.05) is 35.0 Å². The molecule has 5 heteroatoms. The molecule has 0 aliphatic carbocycles. The molecule has 0 spiro atoms. The van der Waals surface area contributed by atoms with Crippen LogP contribution in [-0.4, -0.2) is 31.3 Å². The van der Waals surface area contributed by atoms with E-state index in [0.717, 1.165) is 32.8 Å². The third-order valence-electron chi connectivity index (χ3n) is 2.95. The zero-order valence-electron chi connectivity index (χ0n) is 10.1. The van der Waals surface area contributed by atoms with Gasteiger partial charge >= 0.3 is 0 Å². The molecule has 0 saturated carbocycles. The highest BCUT2D eigenvalue weighted by atomic mass is 32.1. The molecule has 3 nitrogen and oxygen atoms in total. The molecule has 0 radical (unpaired) electrons. The van der Waals surface area contributed by atoms with Gasteiger partial charge in [-0.15, -0.1) is 22.7 Å². The van der Waals surface area contributed by atoms with E-state index in [1.807, 2.05) is 11.3 Å². The van der Waals surface area contributed by atoms with E-state index < -0.39 is 0 Å². The summed E-state index contributed by atoms with van der Waals surface area (Å²) in [5, 5.41) is 6.61. The molecule has 3 rings (SSSR count). The third kappa shape index (κ3) is 2.99. The summed E-state index contributed by atoms with van der Waals surface area (Å²) in [7, 11) is 0. The molecule has 0 unspecified atom stereocenters. The summed E-state index contributed by atoms with van der Waals surface area (Å²) >= 11 is 3.62. The van der Waals surface area contributed by atoms with Crippen LogP contribution in [0.4, 0.5) is 0 Å². The second-order valence-corrected chi connectivity index (χ2v) is 6.16. The van der Waals surface area contributed by atoms with E-state index in [1.54, 1.807) is 11.3 Å². The summed E-state index contributed by atoms with van der Waals surface area (Å²) in [6, 6.07) is 6.55. The molecule has 0 atom stereocenters. The van der Waals surface area contributed by atoms with E-state index in [4.69, 9.17) is 4.74 Å². The Hall–Kier alpha value is -0.720. The first-order valence-electron chi connectivity index (χ1n) is 6.09. The van der Waals surface area contributed by atoms with Gasteiger partial charge < -0.3 is 4.74 Å². The van der Waals surface area contributed by atoms with E-state index in [9.17, 15) is 0 Å². The highest BCUT2D eigenvalue weighted by Gasteiger charge is 2.10. The smallest absolute Gasteiger partial charge is 0.0608 e. The molecule has 0 aromatic carbocycles. The number of hydrogen-bond donors (Lipinski definition) is 1. The molecular formula is C13H16N2OS2. The number of thiophene rings is 2. The van der Waals surface area contributed by atoms with Crippen LogP contribution in [0.25, 0.3) is 10.4 Å². The van der Waals surface area contributed by atoms with Crippen molar-refractivity contribution in [3.63, 3.8) is 0 Å². The molecule has 0 bridgehead atoms. The summed E-state index contributed by atoms with van der Waals surface area (Å²) in [6.45, 7) is 4.53. The first-order valence-corrected chi connectivity index (χ1v) is 7.85. The number of ether oxygens (including phenoxy) is 1. The minimum Gasteiger partial charge on any atom is -0.379 e.